The van der Waals surface area contributed by atoms with E-state index in [2.05, 4.69) is 48.2 Å². The highest BCUT2D eigenvalue weighted by Gasteiger charge is 2.05. The molecule has 1 aromatic carbocycles. The van der Waals surface area contributed by atoms with Crippen LogP contribution >= 0.6 is 15.9 Å². The van der Waals surface area contributed by atoms with E-state index in [0.29, 0.717) is 5.95 Å². The number of benzene rings is 1. The summed E-state index contributed by atoms with van der Waals surface area (Å²) in [6.45, 7) is 3.66. The molecule has 100 valence electrons. The maximum atomic E-state index is 4.47. The minimum absolute atomic E-state index is 0.669. The van der Waals surface area contributed by atoms with Gasteiger partial charge >= 0.3 is 0 Å². The van der Waals surface area contributed by atoms with E-state index >= 15 is 0 Å². The van der Waals surface area contributed by atoms with Crippen LogP contribution in [-0.4, -0.2) is 23.6 Å². The summed E-state index contributed by atoms with van der Waals surface area (Å²) in [6, 6.07) is 10.2. The summed E-state index contributed by atoms with van der Waals surface area (Å²) >= 11 is 3.44. The Morgan fingerprint density at radius 1 is 1.21 bits per heavy atom. The van der Waals surface area contributed by atoms with Crippen LogP contribution in [0, 0.1) is 0 Å². The second kappa shape index (κ2) is 6.52. The van der Waals surface area contributed by atoms with Crippen LogP contribution in [-0.2, 0) is 6.54 Å². The average Bonchev–Trinajstić information content (AvgIpc) is 2.42. The SMILES string of the molecule is CCNc1nccc(N(C)Cc2ccc(Br)cc2)n1. The zero-order valence-electron chi connectivity index (χ0n) is 11.1. The van der Waals surface area contributed by atoms with Gasteiger partial charge in [-0.05, 0) is 30.7 Å². The van der Waals surface area contributed by atoms with Crippen molar-refractivity contribution in [2.75, 3.05) is 23.8 Å². The zero-order chi connectivity index (χ0) is 13.7. The number of nitrogens with zero attached hydrogens (tertiary/aromatic N) is 3. The second-order valence-corrected chi connectivity index (χ2v) is 5.17. The summed E-state index contributed by atoms with van der Waals surface area (Å²) in [5, 5.41) is 3.12. The summed E-state index contributed by atoms with van der Waals surface area (Å²) in [4.78, 5) is 10.7. The molecule has 4 nitrogen and oxygen atoms in total. The first-order valence-electron chi connectivity index (χ1n) is 6.21. The standard InChI is InChI=1S/C14H17BrN4/c1-3-16-14-17-9-8-13(18-14)19(2)10-11-4-6-12(15)7-5-11/h4-9H,3,10H2,1-2H3,(H,16,17,18). The van der Waals surface area contributed by atoms with Crippen LogP contribution in [0.25, 0.3) is 0 Å². The Kier molecular flexibility index (Phi) is 4.74. The minimum atomic E-state index is 0.669. The summed E-state index contributed by atoms with van der Waals surface area (Å²) < 4.78 is 1.09. The first-order chi connectivity index (χ1) is 9.19. The molecule has 2 rings (SSSR count). The van der Waals surface area contributed by atoms with E-state index in [-0.39, 0.29) is 0 Å². The fourth-order valence-corrected chi connectivity index (χ4v) is 2.01. The Bertz CT molecular complexity index is 527. The third-order valence-corrected chi connectivity index (χ3v) is 3.23. The molecule has 0 atom stereocenters. The van der Waals surface area contributed by atoms with Crippen LogP contribution in [0.5, 0.6) is 0 Å². The lowest BCUT2D eigenvalue weighted by atomic mass is 10.2. The molecule has 0 radical (unpaired) electrons. The van der Waals surface area contributed by atoms with Gasteiger partial charge in [0.2, 0.25) is 5.95 Å². The van der Waals surface area contributed by atoms with E-state index in [9.17, 15) is 0 Å². The van der Waals surface area contributed by atoms with Crippen LogP contribution in [0.4, 0.5) is 11.8 Å². The third-order valence-electron chi connectivity index (χ3n) is 2.70. The van der Waals surface area contributed by atoms with E-state index in [0.717, 1.165) is 23.4 Å². The lowest BCUT2D eigenvalue weighted by Crippen LogP contribution is -2.18. The van der Waals surface area contributed by atoms with Crippen LogP contribution in [0.2, 0.25) is 0 Å². The van der Waals surface area contributed by atoms with Gasteiger partial charge in [0.1, 0.15) is 5.82 Å². The van der Waals surface area contributed by atoms with Crippen molar-refractivity contribution < 1.29 is 0 Å². The molecule has 0 spiro atoms. The molecule has 0 amide bonds. The van der Waals surface area contributed by atoms with Gasteiger partial charge in [0.15, 0.2) is 0 Å². The molecule has 0 bridgehead atoms. The first kappa shape index (κ1) is 13.8. The van der Waals surface area contributed by atoms with E-state index in [1.54, 1.807) is 6.20 Å². The largest absolute Gasteiger partial charge is 0.355 e. The maximum absolute atomic E-state index is 4.47. The highest BCUT2D eigenvalue weighted by atomic mass is 79.9. The highest BCUT2D eigenvalue weighted by molar-refractivity contribution is 9.10. The summed E-state index contributed by atoms with van der Waals surface area (Å²) in [6.07, 6.45) is 1.78. The fourth-order valence-electron chi connectivity index (χ4n) is 1.75. The average molecular weight is 321 g/mol. The van der Waals surface area contributed by atoms with Gasteiger partial charge in [-0.2, -0.15) is 4.98 Å². The molecule has 0 aliphatic heterocycles. The van der Waals surface area contributed by atoms with Gasteiger partial charge in [0.25, 0.3) is 0 Å². The molecule has 0 fully saturated rings. The van der Waals surface area contributed by atoms with Crippen molar-refractivity contribution in [3.05, 3.63) is 46.6 Å². The van der Waals surface area contributed by atoms with Gasteiger partial charge in [0, 0.05) is 30.8 Å². The van der Waals surface area contributed by atoms with Gasteiger partial charge in [-0.15, -0.1) is 0 Å². The maximum Gasteiger partial charge on any atom is 0.224 e. The van der Waals surface area contributed by atoms with Gasteiger partial charge in [-0.3, -0.25) is 0 Å². The van der Waals surface area contributed by atoms with Crippen molar-refractivity contribution in [3.63, 3.8) is 0 Å². The molecule has 1 aromatic heterocycles. The van der Waals surface area contributed by atoms with E-state index in [1.807, 2.05) is 32.2 Å². The molecule has 0 aliphatic rings. The molecule has 2 aromatic rings. The van der Waals surface area contributed by atoms with E-state index in [4.69, 9.17) is 0 Å². The Morgan fingerprint density at radius 2 is 1.95 bits per heavy atom. The lowest BCUT2D eigenvalue weighted by molar-refractivity contribution is 0.890. The Hall–Kier alpha value is -1.62. The molecule has 0 unspecified atom stereocenters. The quantitative estimate of drug-likeness (QED) is 0.917. The number of halogens is 1. The molecule has 1 heterocycles. The number of anilines is 2. The fraction of sp³-hybridized carbons (Fsp3) is 0.286. The van der Waals surface area contributed by atoms with E-state index < -0.39 is 0 Å². The molecule has 1 N–H and O–H groups in total. The summed E-state index contributed by atoms with van der Waals surface area (Å²) in [7, 11) is 2.03. The van der Waals surface area contributed by atoms with Crippen LogP contribution < -0.4 is 10.2 Å². The lowest BCUT2D eigenvalue weighted by Gasteiger charge is -2.18. The van der Waals surface area contributed by atoms with Gasteiger partial charge in [0.05, 0.1) is 0 Å². The third kappa shape index (κ3) is 3.92. The van der Waals surface area contributed by atoms with Crippen molar-refractivity contribution in [1.82, 2.24) is 9.97 Å². The predicted octanol–water partition coefficient (Wildman–Crippen LogP) is 3.31. The van der Waals surface area contributed by atoms with Crippen LogP contribution in [0.15, 0.2) is 41.0 Å². The summed E-state index contributed by atoms with van der Waals surface area (Å²) in [5.41, 5.74) is 1.24. The van der Waals surface area contributed by atoms with Crippen molar-refractivity contribution >= 4 is 27.7 Å². The monoisotopic (exact) mass is 320 g/mol. The van der Waals surface area contributed by atoms with Crippen LogP contribution in [0.1, 0.15) is 12.5 Å². The van der Waals surface area contributed by atoms with Crippen molar-refractivity contribution in [1.29, 1.82) is 0 Å². The minimum Gasteiger partial charge on any atom is -0.355 e. The van der Waals surface area contributed by atoms with Crippen molar-refractivity contribution in [2.45, 2.75) is 13.5 Å². The first-order valence-corrected chi connectivity index (χ1v) is 7.01. The zero-order valence-corrected chi connectivity index (χ0v) is 12.7. The normalized spacial score (nSPS) is 10.3. The van der Waals surface area contributed by atoms with E-state index in [1.165, 1.54) is 5.56 Å². The number of hydrogen-bond acceptors (Lipinski definition) is 4. The molecule has 0 saturated carbocycles. The summed E-state index contributed by atoms with van der Waals surface area (Å²) in [5.74, 6) is 1.58. The van der Waals surface area contributed by atoms with Gasteiger partial charge in [-0.1, -0.05) is 28.1 Å². The topological polar surface area (TPSA) is 41.1 Å². The molecular formula is C14H17BrN4. The Labute approximate surface area is 122 Å². The predicted molar refractivity (Wildman–Crippen MR) is 82.4 cm³/mol. The number of rotatable bonds is 5. The Balaban J connectivity index is 2.08. The molecular weight excluding hydrogens is 304 g/mol. The van der Waals surface area contributed by atoms with Gasteiger partial charge in [-0.25, -0.2) is 4.98 Å². The highest BCUT2D eigenvalue weighted by Crippen LogP contribution is 2.16. The molecule has 0 aliphatic carbocycles. The number of aromatic nitrogens is 2. The molecule has 19 heavy (non-hydrogen) atoms. The Morgan fingerprint density at radius 3 is 2.63 bits per heavy atom. The molecule has 0 saturated heterocycles. The van der Waals surface area contributed by atoms with Gasteiger partial charge < -0.3 is 10.2 Å². The molecule has 5 heteroatoms. The van der Waals surface area contributed by atoms with Crippen LogP contribution in [0.3, 0.4) is 0 Å². The number of nitrogens with one attached hydrogen (secondary N) is 1. The van der Waals surface area contributed by atoms with Crippen molar-refractivity contribution in [3.8, 4) is 0 Å². The number of hydrogen-bond donors (Lipinski definition) is 1. The van der Waals surface area contributed by atoms with Crippen molar-refractivity contribution in [2.24, 2.45) is 0 Å². The second-order valence-electron chi connectivity index (χ2n) is 4.25. The smallest absolute Gasteiger partial charge is 0.224 e.